The Morgan fingerprint density at radius 3 is 2.42 bits per heavy atom. The molecule has 5 nitrogen and oxygen atoms in total. The Hall–Kier alpha value is -0.810. The van der Waals surface area contributed by atoms with E-state index in [-0.39, 0.29) is 5.41 Å². The van der Waals surface area contributed by atoms with Crippen LogP contribution in [0.2, 0.25) is 0 Å². The summed E-state index contributed by atoms with van der Waals surface area (Å²) < 4.78 is 12.3. The highest BCUT2D eigenvalue weighted by Gasteiger charge is 2.53. The number of rotatable bonds is 3. The molecule has 2 bridgehead atoms. The topological polar surface area (TPSA) is 46.1 Å². The number of fused-ring (bicyclic) bond motifs is 5. The van der Waals surface area contributed by atoms with Crippen molar-refractivity contribution < 1.29 is 9.47 Å². The molecule has 4 aliphatic rings. The number of likely N-dealkylation sites (tertiary alicyclic amines) is 1. The molecule has 26 heavy (non-hydrogen) atoms. The van der Waals surface area contributed by atoms with Crippen LogP contribution in [0.3, 0.4) is 0 Å². The Labute approximate surface area is 158 Å². The number of nitrogens with zero attached hydrogens (tertiary/aromatic N) is 2. The molecule has 0 aliphatic carbocycles. The van der Waals surface area contributed by atoms with Crippen LogP contribution >= 0.6 is 0 Å². The second-order valence-electron chi connectivity index (χ2n) is 9.78. The predicted molar refractivity (Wildman–Crippen MR) is 104 cm³/mol. The molecule has 0 aromatic rings. The van der Waals surface area contributed by atoms with Crippen LogP contribution in [0.15, 0.2) is 4.99 Å². The summed E-state index contributed by atoms with van der Waals surface area (Å²) in [6.45, 7) is 14.0. The normalized spacial score (nSPS) is 40.2. The first-order chi connectivity index (χ1) is 12.5. The first-order valence-electron chi connectivity index (χ1n) is 10.8. The second kappa shape index (κ2) is 7.31. The van der Waals surface area contributed by atoms with Crippen molar-refractivity contribution in [3.63, 3.8) is 0 Å². The maximum absolute atomic E-state index is 6.15. The third kappa shape index (κ3) is 3.49. The lowest BCUT2D eigenvalue weighted by atomic mass is 9.78. The van der Waals surface area contributed by atoms with Crippen molar-refractivity contribution in [2.75, 3.05) is 32.8 Å². The lowest BCUT2D eigenvalue weighted by molar-refractivity contribution is -0.0824. The minimum atomic E-state index is 0.181. The maximum atomic E-state index is 6.15. The second-order valence-corrected chi connectivity index (χ2v) is 9.78. The number of aliphatic imine (C=N–C) groups is 1. The predicted octanol–water partition coefficient (Wildman–Crippen LogP) is 2.90. The average Bonchev–Trinajstić information content (AvgIpc) is 3.30. The van der Waals surface area contributed by atoms with Crippen molar-refractivity contribution in [2.45, 2.75) is 71.7 Å². The summed E-state index contributed by atoms with van der Waals surface area (Å²) in [5, 5.41) is 3.55. The Balaban J connectivity index is 1.43. The fourth-order valence-corrected chi connectivity index (χ4v) is 5.75. The van der Waals surface area contributed by atoms with Crippen LogP contribution in [0.4, 0.5) is 0 Å². The number of hydrogen-bond acceptors (Lipinski definition) is 3. The molecule has 148 valence electrons. The molecule has 0 radical (unpaired) electrons. The summed E-state index contributed by atoms with van der Waals surface area (Å²) in [5.74, 6) is 3.08. The van der Waals surface area contributed by atoms with Crippen LogP contribution in [0.5, 0.6) is 0 Å². The minimum Gasteiger partial charge on any atom is -0.377 e. The first kappa shape index (κ1) is 18.5. The van der Waals surface area contributed by atoms with Gasteiger partial charge in [-0.3, -0.25) is 4.99 Å². The van der Waals surface area contributed by atoms with E-state index in [9.17, 15) is 0 Å². The third-order valence-electron chi connectivity index (χ3n) is 6.86. The van der Waals surface area contributed by atoms with Gasteiger partial charge in [0.05, 0.1) is 18.3 Å². The van der Waals surface area contributed by atoms with Crippen LogP contribution in [-0.4, -0.2) is 62.0 Å². The van der Waals surface area contributed by atoms with Crippen molar-refractivity contribution in [1.82, 2.24) is 10.2 Å². The quantitative estimate of drug-likeness (QED) is 0.619. The zero-order valence-electron chi connectivity index (χ0n) is 17.0. The number of guanidine groups is 1. The maximum Gasteiger partial charge on any atom is 0.193 e. The zero-order valence-corrected chi connectivity index (χ0v) is 17.0. The highest BCUT2D eigenvalue weighted by atomic mass is 16.5. The van der Waals surface area contributed by atoms with Gasteiger partial charge in [-0.1, -0.05) is 20.8 Å². The van der Waals surface area contributed by atoms with Crippen molar-refractivity contribution in [1.29, 1.82) is 0 Å². The minimum absolute atomic E-state index is 0.181. The van der Waals surface area contributed by atoms with Gasteiger partial charge in [0.2, 0.25) is 0 Å². The highest BCUT2D eigenvalue weighted by molar-refractivity contribution is 5.80. The van der Waals surface area contributed by atoms with Crippen LogP contribution in [0.25, 0.3) is 0 Å². The largest absolute Gasteiger partial charge is 0.377 e. The summed E-state index contributed by atoms with van der Waals surface area (Å²) in [5.41, 5.74) is 0.181. The molecule has 4 heterocycles. The molecule has 4 fully saturated rings. The van der Waals surface area contributed by atoms with E-state index >= 15 is 0 Å². The molecular weight excluding hydrogens is 326 g/mol. The van der Waals surface area contributed by atoms with E-state index < -0.39 is 0 Å². The molecule has 6 atom stereocenters. The Morgan fingerprint density at radius 1 is 1.12 bits per heavy atom. The summed E-state index contributed by atoms with van der Waals surface area (Å²) in [7, 11) is 0. The van der Waals surface area contributed by atoms with E-state index in [4.69, 9.17) is 14.5 Å². The molecule has 0 spiro atoms. The van der Waals surface area contributed by atoms with E-state index in [1.54, 1.807) is 0 Å². The van der Waals surface area contributed by atoms with Gasteiger partial charge in [0.15, 0.2) is 5.96 Å². The molecule has 4 aliphatic heterocycles. The van der Waals surface area contributed by atoms with Crippen LogP contribution in [-0.2, 0) is 9.47 Å². The standard InChI is InChI=1S/C21H37N3O2/c1-5-22-20(23-11-14-7-6-10-25-19(14)21(2,3)4)24-12-15-16(13-24)18-9-8-17(15)26-18/h14-19H,5-13H2,1-4H3,(H,22,23). The van der Waals surface area contributed by atoms with Gasteiger partial charge in [-0.05, 0) is 38.0 Å². The fourth-order valence-electron chi connectivity index (χ4n) is 5.75. The molecule has 1 N–H and O–H groups in total. The van der Waals surface area contributed by atoms with Gasteiger partial charge in [0.25, 0.3) is 0 Å². The first-order valence-corrected chi connectivity index (χ1v) is 10.8. The van der Waals surface area contributed by atoms with E-state index in [1.807, 2.05) is 0 Å². The highest BCUT2D eigenvalue weighted by Crippen LogP contribution is 2.47. The van der Waals surface area contributed by atoms with Crippen LogP contribution in [0, 0.1) is 23.2 Å². The fraction of sp³-hybridized carbons (Fsp3) is 0.952. The summed E-state index contributed by atoms with van der Waals surface area (Å²) >= 11 is 0. The van der Waals surface area contributed by atoms with Crippen molar-refractivity contribution in [2.24, 2.45) is 28.2 Å². The average molecular weight is 364 g/mol. The lowest BCUT2D eigenvalue weighted by Crippen LogP contribution is -2.44. The third-order valence-corrected chi connectivity index (χ3v) is 6.86. The van der Waals surface area contributed by atoms with E-state index in [0.29, 0.717) is 24.2 Å². The van der Waals surface area contributed by atoms with Crippen LogP contribution in [0.1, 0.15) is 53.4 Å². The zero-order chi connectivity index (χ0) is 18.3. The van der Waals surface area contributed by atoms with Gasteiger partial charge in [0, 0.05) is 50.5 Å². The number of hydrogen-bond donors (Lipinski definition) is 1. The van der Waals surface area contributed by atoms with Gasteiger partial charge in [-0.2, -0.15) is 0 Å². The number of nitrogens with one attached hydrogen (secondary N) is 1. The van der Waals surface area contributed by atoms with Gasteiger partial charge >= 0.3 is 0 Å². The Bertz CT molecular complexity index is 512. The monoisotopic (exact) mass is 363 g/mol. The molecule has 4 saturated heterocycles. The molecule has 5 heteroatoms. The van der Waals surface area contributed by atoms with Crippen molar-refractivity contribution in [3.05, 3.63) is 0 Å². The Kier molecular flexibility index (Phi) is 5.21. The summed E-state index contributed by atoms with van der Waals surface area (Å²) in [4.78, 5) is 7.59. The molecule has 6 unspecified atom stereocenters. The summed E-state index contributed by atoms with van der Waals surface area (Å²) in [6.07, 6.45) is 6.25. The summed E-state index contributed by atoms with van der Waals surface area (Å²) in [6, 6.07) is 0. The Morgan fingerprint density at radius 2 is 1.81 bits per heavy atom. The molecule has 0 aromatic carbocycles. The lowest BCUT2D eigenvalue weighted by Gasteiger charge is -2.39. The molecule has 0 saturated carbocycles. The molecule has 0 aromatic heterocycles. The molecule has 4 rings (SSSR count). The SMILES string of the molecule is CCNC(=NCC1CCCOC1C(C)(C)C)N1CC2C3CCC(O3)C2C1. The van der Waals surface area contributed by atoms with E-state index in [0.717, 1.165) is 57.0 Å². The van der Waals surface area contributed by atoms with Gasteiger partial charge < -0.3 is 19.7 Å². The molecule has 0 amide bonds. The number of ether oxygens (including phenoxy) is 2. The van der Waals surface area contributed by atoms with Crippen molar-refractivity contribution in [3.8, 4) is 0 Å². The smallest absolute Gasteiger partial charge is 0.193 e. The van der Waals surface area contributed by atoms with Crippen LogP contribution < -0.4 is 5.32 Å². The molecular formula is C21H37N3O2. The van der Waals surface area contributed by atoms with E-state index in [1.165, 1.54) is 19.3 Å². The van der Waals surface area contributed by atoms with E-state index in [2.05, 4.69) is 37.9 Å². The van der Waals surface area contributed by atoms with Crippen molar-refractivity contribution >= 4 is 5.96 Å². The van der Waals surface area contributed by atoms with Gasteiger partial charge in [0.1, 0.15) is 0 Å². The van der Waals surface area contributed by atoms with Gasteiger partial charge in [-0.25, -0.2) is 0 Å². The van der Waals surface area contributed by atoms with Gasteiger partial charge in [-0.15, -0.1) is 0 Å².